The molecule has 0 aliphatic rings. The summed E-state index contributed by atoms with van der Waals surface area (Å²) in [6, 6.07) is 8.07. The van der Waals surface area contributed by atoms with Gasteiger partial charge in [0.1, 0.15) is 12.4 Å². The molecular weight excluding hydrogens is 240 g/mol. The van der Waals surface area contributed by atoms with Crippen LogP contribution >= 0.6 is 11.3 Å². The molecule has 2 aromatic rings. The number of thiophene rings is 1. The standard InChI is InChI=1S/C11H10N2O3S/c12-10-6-8(13(14)15)3-4-11(10)16-7-9-2-1-5-17-9/h1-6H,7,12H2. The maximum absolute atomic E-state index is 10.5. The summed E-state index contributed by atoms with van der Waals surface area (Å²) in [5.41, 5.74) is 5.91. The van der Waals surface area contributed by atoms with E-state index in [1.54, 1.807) is 11.3 Å². The Morgan fingerprint density at radius 1 is 1.41 bits per heavy atom. The number of nitro groups is 1. The molecule has 0 atom stereocenters. The van der Waals surface area contributed by atoms with Crippen molar-refractivity contribution < 1.29 is 9.66 Å². The number of anilines is 1. The molecule has 88 valence electrons. The van der Waals surface area contributed by atoms with Crippen LogP contribution in [0.2, 0.25) is 0 Å². The third-order valence-electron chi connectivity index (χ3n) is 2.15. The molecular formula is C11H10N2O3S. The first-order chi connectivity index (χ1) is 8.16. The number of nitrogens with zero attached hydrogens (tertiary/aromatic N) is 1. The zero-order valence-electron chi connectivity index (χ0n) is 8.83. The molecule has 0 saturated heterocycles. The Hall–Kier alpha value is -2.08. The van der Waals surface area contributed by atoms with E-state index in [-0.39, 0.29) is 11.4 Å². The first-order valence-electron chi connectivity index (χ1n) is 4.86. The van der Waals surface area contributed by atoms with Crippen LogP contribution in [-0.2, 0) is 6.61 Å². The Kier molecular flexibility index (Phi) is 3.24. The maximum atomic E-state index is 10.5. The molecule has 17 heavy (non-hydrogen) atoms. The van der Waals surface area contributed by atoms with Crippen molar-refractivity contribution in [3.63, 3.8) is 0 Å². The second-order valence-corrected chi connectivity index (χ2v) is 4.38. The third kappa shape index (κ3) is 2.73. The van der Waals surface area contributed by atoms with Gasteiger partial charge in [-0.1, -0.05) is 6.07 Å². The van der Waals surface area contributed by atoms with Gasteiger partial charge < -0.3 is 10.5 Å². The SMILES string of the molecule is Nc1cc([N+](=O)[O-])ccc1OCc1cccs1. The number of ether oxygens (including phenoxy) is 1. The molecule has 2 N–H and O–H groups in total. The van der Waals surface area contributed by atoms with Crippen LogP contribution in [0, 0.1) is 10.1 Å². The number of rotatable bonds is 4. The fourth-order valence-electron chi connectivity index (χ4n) is 1.32. The van der Waals surface area contributed by atoms with E-state index in [9.17, 15) is 10.1 Å². The van der Waals surface area contributed by atoms with Crippen molar-refractivity contribution in [2.75, 3.05) is 5.73 Å². The van der Waals surface area contributed by atoms with E-state index in [1.807, 2.05) is 17.5 Å². The molecule has 0 saturated carbocycles. The van der Waals surface area contributed by atoms with Gasteiger partial charge in [-0.05, 0) is 17.5 Å². The van der Waals surface area contributed by atoms with Gasteiger partial charge in [-0.3, -0.25) is 10.1 Å². The molecule has 0 radical (unpaired) electrons. The van der Waals surface area contributed by atoms with E-state index in [0.717, 1.165) is 4.88 Å². The summed E-state index contributed by atoms with van der Waals surface area (Å²) in [6.07, 6.45) is 0. The van der Waals surface area contributed by atoms with Gasteiger partial charge in [0, 0.05) is 17.0 Å². The first kappa shape index (κ1) is 11.4. The van der Waals surface area contributed by atoms with E-state index < -0.39 is 4.92 Å². The maximum Gasteiger partial charge on any atom is 0.271 e. The van der Waals surface area contributed by atoms with Gasteiger partial charge in [0.25, 0.3) is 5.69 Å². The number of nitro benzene ring substituents is 1. The van der Waals surface area contributed by atoms with Gasteiger partial charge in [0.05, 0.1) is 10.6 Å². The lowest BCUT2D eigenvalue weighted by molar-refractivity contribution is -0.384. The van der Waals surface area contributed by atoms with Crippen molar-refractivity contribution in [2.45, 2.75) is 6.61 Å². The van der Waals surface area contributed by atoms with Crippen LogP contribution in [-0.4, -0.2) is 4.92 Å². The Balaban J connectivity index is 2.09. The second kappa shape index (κ2) is 4.84. The number of non-ortho nitro benzene ring substituents is 1. The molecule has 1 heterocycles. The molecule has 0 amide bonds. The molecule has 0 spiro atoms. The smallest absolute Gasteiger partial charge is 0.271 e. The van der Waals surface area contributed by atoms with E-state index in [4.69, 9.17) is 10.5 Å². The zero-order chi connectivity index (χ0) is 12.3. The summed E-state index contributed by atoms with van der Waals surface area (Å²) in [6.45, 7) is 0.416. The number of hydrogen-bond acceptors (Lipinski definition) is 5. The molecule has 0 unspecified atom stereocenters. The highest BCUT2D eigenvalue weighted by Crippen LogP contribution is 2.27. The Bertz CT molecular complexity index is 526. The predicted octanol–water partition coefficient (Wildman–Crippen LogP) is 2.82. The number of nitrogen functional groups attached to an aromatic ring is 1. The monoisotopic (exact) mass is 250 g/mol. The van der Waals surface area contributed by atoms with Gasteiger partial charge in [0.2, 0.25) is 0 Å². The van der Waals surface area contributed by atoms with Crippen LogP contribution in [0.1, 0.15) is 4.88 Å². The van der Waals surface area contributed by atoms with Crippen LogP contribution in [0.15, 0.2) is 35.7 Å². The normalized spacial score (nSPS) is 10.1. The van der Waals surface area contributed by atoms with E-state index >= 15 is 0 Å². The van der Waals surface area contributed by atoms with Crippen LogP contribution in [0.3, 0.4) is 0 Å². The van der Waals surface area contributed by atoms with Crippen molar-refractivity contribution in [2.24, 2.45) is 0 Å². The van der Waals surface area contributed by atoms with Gasteiger partial charge in [-0.2, -0.15) is 0 Å². The summed E-state index contributed by atoms with van der Waals surface area (Å²) < 4.78 is 5.48. The fraction of sp³-hybridized carbons (Fsp3) is 0.0909. The zero-order valence-corrected chi connectivity index (χ0v) is 9.65. The van der Waals surface area contributed by atoms with Crippen LogP contribution < -0.4 is 10.5 Å². The average molecular weight is 250 g/mol. The van der Waals surface area contributed by atoms with Gasteiger partial charge in [0.15, 0.2) is 0 Å². The molecule has 0 aliphatic heterocycles. The minimum atomic E-state index is -0.487. The van der Waals surface area contributed by atoms with Crippen LogP contribution in [0.25, 0.3) is 0 Å². The van der Waals surface area contributed by atoms with Gasteiger partial charge in [-0.15, -0.1) is 11.3 Å². The molecule has 0 fully saturated rings. The Morgan fingerprint density at radius 2 is 2.24 bits per heavy atom. The van der Waals surface area contributed by atoms with Crippen molar-refractivity contribution in [3.8, 4) is 5.75 Å². The quantitative estimate of drug-likeness (QED) is 0.514. The lowest BCUT2D eigenvalue weighted by Gasteiger charge is -2.07. The topological polar surface area (TPSA) is 78.4 Å². The van der Waals surface area contributed by atoms with E-state index in [2.05, 4.69) is 0 Å². The average Bonchev–Trinajstić information content (AvgIpc) is 2.80. The van der Waals surface area contributed by atoms with Crippen molar-refractivity contribution in [3.05, 3.63) is 50.7 Å². The van der Waals surface area contributed by atoms with Crippen molar-refractivity contribution in [1.29, 1.82) is 0 Å². The summed E-state index contributed by atoms with van der Waals surface area (Å²) in [5, 5.41) is 12.5. The molecule has 2 rings (SSSR count). The van der Waals surface area contributed by atoms with Crippen LogP contribution in [0.4, 0.5) is 11.4 Å². The number of hydrogen-bond donors (Lipinski definition) is 1. The minimum Gasteiger partial charge on any atom is -0.486 e. The summed E-state index contributed by atoms with van der Waals surface area (Å²) in [5.74, 6) is 0.462. The highest BCUT2D eigenvalue weighted by molar-refractivity contribution is 7.09. The second-order valence-electron chi connectivity index (χ2n) is 3.35. The lowest BCUT2D eigenvalue weighted by atomic mass is 10.2. The molecule has 6 heteroatoms. The molecule has 1 aromatic carbocycles. The number of nitrogens with two attached hydrogens (primary N) is 1. The molecule has 0 aliphatic carbocycles. The summed E-state index contributed by atoms with van der Waals surface area (Å²) in [7, 11) is 0. The Morgan fingerprint density at radius 3 is 2.82 bits per heavy atom. The summed E-state index contributed by atoms with van der Waals surface area (Å²) in [4.78, 5) is 11.1. The highest BCUT2D eigenvalue weighted by Gasteiger charge is 2.09. The largest absolute Gasteiger partial charge is 0.486 e. The predicted molar refractivity (Wildman–Crippen MR) is 66.2 cm³/mol. The number of benzene rings is 1. The lowest BCUT2D eigenvalue weighted by Crippen LogP contribution is -1.98. The van der Waals surface area contributed by atoms with Crippen molar-refractivity contribution >= 4 is 22.7 Å². The van der Waals surface area contributed by atoms with E-state index in [0.29, 0.717) is 12.4 Å². The Labute approximate surface area is 102 Å². The van der Waals surface area contributed by atoms with Crippen LogP contribution in [0.5, 0.6) is 5.75 Å². The molecule has 1 aromatic heterocycles. The highest BCUT2D eigenvalue weighted by atomic mass is 32.1. The van der Waals surface area contributed by atoms with Gasteiger partial charge >= 0.3 is 0 Å². The molecule has 0 bridgehead atoms. The van der Waals surface area contributed by atoms with E-state index in [1.165, 1.54) is 18.2 Å². The third-order valence-corrected chi connectivity index (χ3v) is 3.00. The minimum absolute atomic E-state index is 0.0361. The fourth-order valence-corrected chi connectivity index (χ4v) is 1.94. The first-order valence-corrected chi connectivity index (χ1v) is 5.74. The molecule has 5 nitrogen and oxygen atoms in total. The summed E-state index contributed by atoms with van der Waals surface area (Å²) >= 11 is 1.58. The van der Waals surface area contributed by atoms with Crippen molar-refractivity contribution in [1.82, 2.24) is 0 Å². The van der Waals surface area contributed by atoms with Gasteiger partial charge in [-0.25, -0.2) is 0 Å².